The largest absolute Gasteiger partial charge is 0.359 e. The smallest absolute Gasteiger partial charge is 0.154 e. The molecule has 82 valence electrons. The molecule has 4 nitrogen and oxygen atoms in total. The van der Waals surface area contributed by atoms with Crippen LogP contribution in [0.5, 0.6) is 0 Å². The molecule has 1 N–H and O–H groups in total. The van der Waals surface area contributed by atoms with E-state index < -0.39 is 0 Å². The topological polar surface area (TPSA) is 51.0 Å². The molecule has 3 rings (SSSR count). The number of pyridine rings is 1. The highest BCUT2D eigenvalue weighted by molar-refractivity contribution is 5.61. The minimum absolute atomic E-state index is 0.346. The van der Waals surface area contributed by atoms with E-state index >= 15 is 0 Å². The molecule has 3 heterocycles. The lowest BCUT2D eigenvalue weighted by molar-refractivity contribution is 0.282. The van der Waals surface area contributed by atoms with Crippen LogP contribution in [0.4, 0.5) is 0 Å². The van der Waals surface area contributed by atoms with Gasteiger partial charge in [-0.3, -0.25) is 4.98 Å². The molecule has 0 spiro atoms. The second-order valence-corrected chi connectivity index (χ2v) is 4.05. The quantitative estimate of drug-likeness (QED) is 0.833. The van der Waals surface area contributed by atoms with Crippen LogP contribution in [0.2, 0.25) is 0 Å². The standard InChI is InChI=1S/C12H13N3O/c1-8-9(3-2-5-13-8)11-7-12(16-15-11)10-4-6-14-10/h2-3,5,7,10,14H,4,6H2,1H3. The summed E-state index contributed by atoms with van der Waals surface area (Å²) in [6.45, 7) is 3.04. The number of nitrogens with zero attached hydrogens (tertiary/aromatic N) is 2. The van der Waals surface area contributed by atoms with Gasteiger partial charge < -0.3 is 9.84 Å². The van der Waals surface area contributed by atoms with Gasteiger partial charge in [-0.25, -0.2) is 0 Å². The number of aromatic nitrogens is 2. The number of hydrogen-bond acceptors (Lipinski definition) is 4. The summed E-state index contributed by atoms with van der Waals surface area (Å²) in [6.07, 6.45) is 2.91. The molecule has 0 aliphatic carbocycles. The minimum Gasteiger partial charge on any atom is -0.359 e. The van der Waals surface area contributed by atoms with Crippen molar-refractivity contribution >= 4 is 0 Å². The average molecular weight is 215 g/mol. The summed E-state index contributed by atoms with van der Waals surface area (Å²) in [4.78, 5) is 4.25. The SMILES string of the molecule is Cc1ncccc1-c1cc(C2CCN2)on1. The zero-order chi connectivity index (χ0) is 11.0. The third-order valence-electron chi connectivity index (χ3n) is 2.98. The van der Waals surface area contributed by atoms with Gasteiger partial charge in [0, 0.05) is 23.5 Å². The Morgan fingerprint density at radius 2 is 2.38 bits per heavy atom. The lowest BCUT2D eigenvalue weighted by Crippen LogP contribution is -2.34. The summed E-state index contributed by atoms with van der Waals surface area (Å²) in [6, 6.07) is 6.27. The lowest BCUT2D eigenvalue weighted by Gasteiger charge is -2.24. The van der Waals surface area contributed by atoms with Gasteiger partial charge in [-0.1, -0.05) is 5.16 Å². The Kier molecular flexibility index (Phi) is 2.22. The summed E-state index contributed by atoms with van der Waals surface area (Å²) in [5, 5.41) is 7.39. The number of hydrogen-bond donors (Lipinski definition) is 1. The molecule has 1 saturated heterocycles. The Balaban J connectivity index is 1.95. The summed E-state index contributed by atoms with van der Waals surface area (Å²) in [5.74, 6) is 0.921. The van der Waals surface area contributed by atoms with Gasteiger partial charge in [-0.2, -0.15) is 0 Å². The third kappa shape index (κ3) is 1.51. The summed E-state index contributed by atoms with van der Waals surface area (Å²) >= 11 is 0. The maximum absolute atomic E-state index is 5.34. The first-order chi connectivity index (χ1) is 7.84. The average Bonchev–Trinajstić information content (AvgIpc) is 2.65. The summed E-state index contributed by atoms with van der Waals surface area (Å²) in [7, 11) is 0. The van der Waals surface area contributed by atoms with E-state index in [1.54, 1.807) is 6.20 Å². The fraction of sp³-hybridized carbons (Fsp3) is 0.333. The Bertz CT molecular complexity index is 502. The molecule has 0 bridgehead atoms. The van der Waals surface area contributed by atoms with Crippen molar-refractivity contribution in [2.24, 2.45) is 0 Å². The van der Waals surface area contributed by atoms with Crippen molar-refractivity contribution in [2.45, 2.75) is 19.4 Å². The Hall–Kier alpha value is -1.68. The summed E-state index contributed by atoms with van der Waals surface area (Å²) in [5.41, 5.74) is 2.88. The highest BCUT2D eigenvalue weighted by Crippen LogP contribution is 2.27. The number of aryl methyl sites for hydroxylation is 1. The van der Waals surface area contributed by atoms with Gasteiger partial charge in [0.1, 0.15) is 5.69 Å². The molecule has 1 aliphatic rings. The highest BCUT2D eigenvalue weighted by Gasteiger charge is 2.23. The second kappa shape index (κ2) is 3.72. The van der Waals surface area contributed by atoms with E-state index in [2.05, 4.69) is 15.5 Å². The van der Waals surface area contributed by atoms with E-state index in [0.29, 0.717) is 6.04 Å². The fourth-order valence-corrected chi connectivity index (χ4v) is 1.87. The molecule has 1 fully saturated rings. The Morgan fingerprint density at radius 3 is 3.06 bits per heavy atom. The fourth-order valence-electron chi connectivity index (χ4n) is 1.87. The van der Waals surface area contributed by atoms with E-state index in [1.807, 2.05) is 25.1 Å². The van der Waals surface area contributed by atoms with Crippen LogP contribution in [0.15, 0.2) is 28.9 Å². The minimum atomic E-state index is 0.346. The van der Waals surface area contributed by atoms with Crippen LogP contribution in [-0.4, -0.2) is 16.7 Å². The van der Waals surface area contributed by atoms with Crippen molar-refractivity contribution in [3.05, 3.63) is 35.9 Å². The predicted octanol–water partition coefficient (Wildman–Crippen LogP) is 2.08. The van der Waals surface area contributed by atoms with Crippen LogP contribution in [-0.2, 0) is 0 Å². The van der Waals surface area contributed by atoms with E-state index in [0.717, 1.165) is 35.7 Å². The van der Waals surface area contributed by atoms with Gasteiger partial charge in [0.05, 0.1) is 6.04 Å². The maximum atomic E-state index is 5.34. The van der Waals surface area contributed by atoms with Crippen molar-refractivity contribution < 1.29 is 4.52 Å². The van der Waals surface area contributed by atoms with Gasteiger partial charge >= 0.3 is 0 Å². The molecule has 2 aromatic heterocycles. The molecular weight excluding hydrogens is 202 g/mol. The molecule has 4 heteroatoms. The molecule has 0 aromatic carbocycles. The van der Waals surface area contributed by atoms with E-state index in [9.17, 15) is 0 Å². The molecule has 1 aliphatic heterocycles. The van der Waals surface area contributed by atoms with Crippen molar-refractivity contribution in [2.75, 3.05) is 6.54 Å². The monoisotopic (exact) mass is 215 g/mol. The normalized spacial score (nSPS) is 19.4. The van der Waals surface area contributed by atoms with E-state index in [4.69, 9.17) is 4.52 Å². The molecule has 16 heavy (non-hydrogen) atoms. The van der Waals surface area contributed by atoms with Crippen LogP contribution in [0, 0.1) is 6.92 Å². The zero-order valence-corrected chi connectivity index (χ0v) is 9.10. The summed E-state index contributed by atoms with van der Waals surface area (Å²) < 4.78 is 5.34. The molecule has 0 amide bonds. The van der Waals surface area contributed by atoms with Gasteiger partial charge in [0.15, 0.2) is 5.76 Å². The van der Waals surface area contributed by atoms with Crippen LogP contribution >= 0.6 is 0 Å². The zero-order valence-electron chi connectivity index (χ0n) is 9.10. The Morgan fingerprint density at radius 1 is 1.50 bits per heavy atom. The van der Waals surface area contributed by atoms with Gasteiger partial charge in [-0.05, 0) is 32.0 Å². The number of rotatable bonds is 2. The van der Waals surface area contributed by atoms with Gasteiger partial charge in [0.2, 0.25) is 0 Å². The van der Waals surface area contributed by atoms with Crippen molar-refractivity contribution in [3.8, 4) is 11.3 Å². The molecular formula is C12H13N3O. The van der Waals surface area contributed by atoms with Crippen molar-refractivity contribution in [1.29, 1.82) is 0 Å². The first-order valence-electron chi connectivity index (χ1n) is 5.46. The molecule has 0 radical (unpaired) electrons. The molecule has 2 aromatic rings. The van der Waals surface area contributed by atoms with Gasteiger partial charge in [0.25, 0.3) is 0 Å². The second-order valence-electron chi connectivity index (χ2n) is 4.05. The van der Waals surface area contributed by atoms with Crippen molar-refractivity contribution in [1.82, 2.24) is 15.5 Å². The van der Waals surface area contributed by atoms with Gasteiger partial charge in [-0.15, -0.1) is 0 Å². The van der Waals surface area contributed by atoms with E-state index in [1.165, 1.54) is 0 Å². The Labute approximate surface area is 93.7 Å². The van der Waals surface area contributed by atoms with Crippen LogP contribution in [0.1, 0.15) is 23.9 Å². The number of nitrogens with one attached hydrogen (secondary N) is 1. The third-order valence-corrected chi connectivity index (χ3v) is 2.98. The van der Waals surface area contributed by atoms with Crippen molar-refractivity contribution in [3.63, 3.8) is 0 Å². The molecule has 1 atom stereocenters. The van der Waals surface area contributed by atoms with Crippen LogP contribution in [0.25, 0.3) is 11.3 Å². The maximum Gasteiger partial charge on any atom is 0.154 e. The first-order valence-corrected chi connectivity index (χ1v) is 5.46. The highest BCUT2D eigenvalue weighted by atomic mass is 16.5. The molecule has 1 unspecified atom stereocenters. The first kappa shape index (κ1) is 9.54. The van der Waals surface area contributed by atoms with Crippen LogP contribution in [0.3, 0.4) is 0 Å². The van der Waals surface area contributed by atoms with E-state index in [-0.39, 0.29) is 0 Å². The lowest BCUT2D eigenvalue weighted by atomic mass is 10.0. The van der Waals surface area contributed by atoms with Crippen LogP contribution < -0.4 is 5.32 Å². The predicted molar refractivity (Wildman–Crippen MR) is 59.8 cm³/mol. The molecule has 0 saturated carbocycles.